The highest BCUT2D eigenvalue weighted by Gasteiger charge is 2.13. The van der Waals surface area contributed by atoms with Crippen LogP contribution in [0.2, 0.25) is 0 Å². The average molecular weight is 257 g/mol. The van der Waals surface area contributed by atoms with E-state index in [-0.39, 0.29) is 5.91 Å². The number of nitrogen functional groups attached to an aromatic ring is 1. The largest absolute Gasteiger partial charge is 0.496 e. The molecule has 0 bridgehead atoms. The summed E-state index contributed by atoms with van der Waals surface area (Å²) in [5.41, 5.74) is 7.51. The van der Waals surface area contributed by atoms with E-state index in [1.54, 1.807) is 24.4 Å². The molecule has 0 spiro atoms. The molecule has 0 atom stereocenters. The molecule has 5 nitrogen and oxygen atoms in total. The van der Waals surface area contributed by atoms with Crippen molar-refractivity contribution in [1.29, 1.82) is 0 Å². The van der Waals surface area contributed by atoms with Gasteiger partial charge in [-0.25, -0.2) is 4.98 Å². The molecule has 98 valence electrons. The van der Waals surface area contributed by atoms with E-state index >= 15 is 0 Å². The molecule has 0 saturated carbocycles. The molecule has 0 radical (unpaired) electrons. The number of benzene rings is 1. The number of carbonyl (C=O) groups is 1. The summed E-state index contributed by atoms with van der Waals surface area (Å²) in [4.78, 5) is 16.3. The standard InChI is InChI=1S/C14H15N3O2/c1-9-4-3-7-16-13(9)17-14(18)11-6-5-10(15)8-12(11)19-2/h3-8H,15H2,1-2H3,(H,16,17,18). The van der Waals surface area contributed by atoms with Crippen LogP contribution in [0.25, 0.3) is 0 Å². The van der Waals surface area contributed by atoms with Gasteiger partial charge in [0.15, 0.2) is 0 Å². The molecule has 0 aliphatic heterocycles. The van der Waals surface area contributed by atoms with Crippen molar-refractivity contribution in [3.63, 3.8) is 0 Å². The highest BCUT2D eigenvalue weighted by molar-refractivity contribution is 6.06. The lowest BCUT2D eigenvalue weighted by atomic mass is 10.1. The van der Waals surface area contributed by atoms with Gasteiger partial charge in [-0.15, -0.1) is 0 Å². The van der Waals surface area contributed by atoms with Crippen LogP contribution < -0.4 is 15.8 Å². The molecule has 0 unspecified atom stereocenters. The Kier molecular flexibility index (Phi) is 3.66. The van der Waals surface area contributed by atoms with Crippen molar-refractivity contribution in [3.8, 4) is 5.75 Å². The number of carbonyl (C=O) groups excluding carboxylic acids is 1. The number of amides is 1. The van der Waals surface area contributed by atoms with Crippen molar-refractivity contribution in [2.75, 3.05) is 18.2 Å². The molecule has 19 heavy (non-hydrogen) atoms. The smallest absolute Gasteiger partial charge is 0.260 e. The second-order valence-corrected chi connectivity index (χ2v) is 4.08. The third-order valence-corrected chi connectivity index (χ3v) is 2.71. The number of methoxy groups -OCH3 is 1. The number of nitrogens with two attached hydrogens (primary N) is 1. The van der Waals surface area contributed by atoms with Gasteiger partial charge in [0.05, 0.1) is 12.7 Å². The molecule has 0 saturated heterocycles. The molecule has 5 heteroatoms. The molecule has 1 aromatic heterocycles. The van der Waals surface area contributed by atoms with Crippen molar-refractivity contribution >= 4 is 17.4 Å². The highest BCUT2D eigenvalue weighted by Crippen LogP contribution is 2.22. The summed E-state index contributed by atoms with van der Waals surface area (Å²) in [6.07, 6.45) is 1.63. The van der Waals surface area contributed by atoms with Crippen molar-refractivity contribution < 1.29 is 9.53 Å². The van der Waals surface area contributed by atoms with Gasteiger partial charge in [-0.05, 0) is 30.7 Å². The van der Waals surface area contributed by atoms with Gasteiger partial charge in [-0.1, -0.05) is 6.07 Å². The summed E-state index contributed by atoms with van der Waals surface area (Å²) < 4.78 is 5.15. The number of hydrogen-bond donors (Lipinski definition) is 2. The number of aryl methyl sites for hydroxylation is 1. The molecule has 1 aromatic carbocycles. The third kappa shape index (κ3) is 2.82. The summed E-state index contributed by atoms with van der Waals surface area (Å²) in [6.45, 7) is 1.88. The zero-order chi connectivity index (χ0) is 13.8. The predicted molar refractivity (Wildman–Crippen MR) is 74.3 cm³/mol. The molecule has 0 fully saturated rings. The van der Waals surface area contributed by atoms with Crippen molar-refractivity contribution in [2.24, 2.45) is 0 Å². The monoisotopic (exact) mass is 257 g/mol. The van der Waals surface area contributed by atoms with Crippen LogP contribution in [0, 0.1) is 6.92 Å². The van der Waals surface area contributed by atoms with Crippen LogP contribution >= 0.6 is 0 Å². The average Bonchev–Trinajstić information content (AvgIpc) is 2.41. The van der Waals surface area contributed by atoms with Gasteiger partial charge < -0.3 is 15.8 Å². The Labute approximate surface area is 111 Å². The summed E-state index contributed by atoms with van der Waals surface area (Å²) in [5.74, 6) is 0.691. The Morgan fingerprint density at radius 2 is 2.16 bits per heavy atom. The molecule has 1 amide bonds. The van der Waals surface area contributed by atoms with E-state index in [1.165, 1.54) is 7.11 Å². The van der Waals surface area contributed by atoms with Crippen LogP contribution in [0.3, 0.4) is 0 Å². The highest BCUT2D eigenvalue weighted by atomic mass is 16.5. The number of ether oxygens (including phenoxy) is 1. The number of hydrogen-bond acceptors (Lipinski definition) is 4. The lowest BCUT2D eigenvalue weighted by Gasteiger charge is -2.10. The fraction of sp³-hybridized carbons (Fsp3) is 0.143. The number of nitrogens with zero attached hydrogens (tertiary/aromatic N) is 1. The molecule has 1 heterocycles. The minimum absolute atomic E-state index is 0.279. The Hall–Kier alpha value is -2.56. The number of pyridine rings is 1. The molecular formula is C14H15N3O2. The van der Waals surface area contributed by atoms with Gasteiger partial charge in [-0.2, -0.15) is 0 Å². The van der Waals surface area contributed by atoms with Crippen LogP contribution in [0.5, 0.6) is 5.75 Å². The van der Waals surface area contributed by atoms with E-state index < -0.39 is 0 Å². The molecule has 2 aromatic rings. The lowest BCUT2D eigenvalue weighted by Crippen LogP contribution is -2.15. The first kappa shape index (κ1) is 12.9. The summed E-state index contributed by atoms with van der Waals surface area (Å²) >= 11 is 0. The zero-order valence-electron chi connectivity index (χ0n) is 10.8. The maximum Gasteiger partial charge on any atom is 0.260 e. The lowest BCUT2D eigenvalue weighted by molar-refractivity contribution is 0.102. The predicted octanol–water partition coefficient (Wildman–Crippen LogP) is 2.23. The van der Waals surface area contributed by atoms with Crippen LogP contribution in [-0.4, -0.2) is 18.0 Å². The quantitative estimate of drug-likeness (QED) is 0.827. The SMILES string of the molecule is COc1cc(N)ccc1C(=O)Nc1ncccc1C. The van der Waals surface area contributed by atoms with E-state index in [4.69, 9.17) is 10.5 Å². The maximum absolute atomic E-state index is 12.2. The molecular weight excluding hydrogens is 242 g/mol. The second-order valence-electron chi connectivity index (χ2n) is 4.08. The molecule has 3 N–H and O–H groups in total. The van der Waals surface area contributed by atoms with E-state index in [2.05, 4.69) is 10.3 Å². The van der Waals surface area contributed by atoms with Crippen molar-refractivity contribution in [3.05, 3.63) is 47.7 Å². The van der Waals surface area contributed by atoms with E-state index in [0.717, 1.165) is 5.56 Å². The van der Waals surface area contributed by atoms with Gasteiger partial charge in [0.1, 0.15) is 11.6 Å². The minimum Gasteiger partial charge on any atom is -0.496 e. The summed E-state index contributed by atoms with van der Waals surface area (Å²) in [7, 11) is 1.50. The first-order chi connectivity index (χ1) is 9.11. The summed E-state index contributed by atoms with van der Waals surface area (Å²) in [5, 5.41) is 2.75. The Balaban J connectivity index is 2.28. The third-order valence-electron chi connectivity index (χ3n) is 2.71. The fourth-order valence-corrected chi connectivity index (χ4v) is 1.69. The van der Waals surface area contributed by atoms with Crippen LogP contribution in [0.4, 0.5) is 11.5 Å². The van der Waals surface area contributed by atoms with Crippen molar-refractivity contribution in [1.82, 2.24) is 4.98 Å². The second kappa shape index (κ2) is 5.39. The Bertz CT molecular complexity index is 611. The fourth-order valence-electron chi connectivity index (χ4n) is 1.69. The topological polar surface area (TPSA) is 77.2 Å². The molecule has 0 aliphatic rings. The first-order valence-electron chi connectivity index (χ1n) is 5.78. The van der Waals surface area contributed by atoms with Crippen LogP contribution in [0.1, 0.15) is 15.9 Å². The Morgan fingerprint density at radius 1 is 1.37 bits per heavy atom. The first-order valence-corrected chi connectivity index (χ1v) is 5.78. The van der Waals surface area contributed by atoms with Gasteiger partial charge in [-0.3, -0.25) is 4.79 Å². The van der Waals surface area contributed by atoms with E-state index in [0.29, 0.717) is 22.8 Å². The Morgan fingerprint density at radius 3 is 2.84 bits per heavy atom. The van der Waals surface area contributed by atoms with Gasteiger partial charge >= 0.3 is 0 Å². The van der Waals surface area contributed by atoms with Crippen LogP contribution in [0.15, 0.2) is 36.5 Å². The van der Waals surface area contributed by atoms with E-state index in [9.17, 15) is 4.79 Å². The number of rotatable bonds is 3. The maximum atomic E-state index is 12.2. The molecule has 2 rings (SSSR count). The number of aromatic nitrogens is 1. The minimum atomic E-state index is -0.279. The molecule has 0 aliphatic carbocycles. The van der Waals surface area contributed by atoms with Gasteiger partial charge in [0.25, 0.3) is 5.91 Å². The van der Waals surface area contributed by atoms with Gasteiger partial charge in [0.2, 0.25) is 0 Å². The van der Waals surface area contributed by atoms with Gasteiger partial charge in [0, 0.05) is 18.0 Å². The number of nitrogens with one attached hydrogen (secondary N) is 1. The zero-order valence-corrected chi connectivity index (χ0v) is 10.8. The van der Waals surface area contributed by atoms with Crippen molar-refractivity contribution in [2.45, 2.75) is 6.92 Å². The summed E-state index contributed by atoms with van der Waals surface area (Å²) in [6, 6.07) is 8.59. The van der Waals surface area contributed by atoms with Crippen LogP contribution in [-0.2, 0) is 0 Å². The number of anilines is 2. The normalized spacial score (nSPS) is 10.0. The van der Waals surface area contributed by atoms with E-state index in [1.807, 2.05) is 19.1 Å².